The van der Waals surface area contributed by atoms with Crippen LogP contribution in [0.5, 0.6) is 0 Å². The molecule has 0 fully saturated rings. The number of nitrogens with zero attached hydrogens (tertiary/aromatic N) is 1. The minimum absolute atomic E-state index is 0.00970. The summed E-state index contributed by atoms with van der Waals surface area (Å²) in [4.78, 5) is 14.3. The van der Waals surface area contributed by atoms with Crippen molar-refractivity contribution in [3.8, 4) is 0 Å². The Morgan fingerprint density at radius 1 is 0.967 bits per heavy atom. The normalized spacial score (nSPS) is 14.1. The summed E-state index contributed by atoms with van der Waals surface area (Å²) in [7, 11) is 5.87. The Labute approximate surface area is 188 Å². The molecule has 0 rings (SSSR count). The molecule has 0 amide bonds. The third-order valence-corrected chi connectivity index (χ3v) is 5.99. The van der Waals surface area contributed by atoms with Crippen molar-refractivity contribution in [3.63, 3.8) is 0 Å². The average molecular weight is 428 g/mol. The van der Waals surface area contributed by atoms with Crippen LogP contribution in [0.2, 0.25) is 0 Å². The van der Waals surface area contributed by atoms with Crippen LogP contribution in [-0.2, 0) is 14.3 Å². The van der Waals surface area contributed by atoms with E-state index >= 15 is 0 Å². The zero-order chi connectivity index (χ0) is 22.8. The van der Waals surface area contributed by atoms with E-state index in [2.05, 4.69) is 32.6 Å². The summed E-state index contributed by atoms with van der Waals surface area (Å²) in [6.07, 6.45) is 14.5. The van der Waals surface area contributed by atoms with Crippen molar-refractivity contribution in [2.75, 3.05) is 34.4 Å². The van der Waals surface area contributed by atoms with Gasteiger partial charge in [0.25, 0.3) is 0 Å². The Morgan fingerprint density at radius 3 is 2.20 bits per heavy atom. The van der Waals surface area contributed by atoms with Crippen LogP contribution in [0.1, 0.15) is 111 Å². The fourth-order valence-electron chi connectivity index (χ4n) is 4.38. The molecule has 0 aromatic rings. The first-order valence-electron chi connectivity index (χ1n) is 12.5. The van der Waals surface area contributed by atoms with Gasteiger partial charge in [-0.1, -0.05) is 53.4 Å². The Kier molecular flexibility index (Phi) is 17.6. The van der Waals surface area contributed by atoms with Gasteiger partial charge in [0.15, 0.2) is 0 Å². The third-order valence-electron chi connectivity index (χ3n) is 5.99. The number of rotatable bonds is 20. The second-order valence-corrected chi connectivity index (χ2v) is 10.4. The maximum Gasteiger partial charge on any atom is 0.306 e. The molecule has 180 valence electrons. The van der Waals surface area contributed by atoms with Gasteiger partial charge in [0.05, 0.1) is 0 Å². The van der Waals surface area contributed by atoms with Crippen molar-refractivity contribution in [1.82, 2.24) is 4.90 Å². The Hall–Kier alpha value is -0.610. The second-order valence-electron chi connectivity index (χ2n) is 10.4. The molecule has 30 heavy (non-hydrogen) atoms. The van der Waals surface area contributed by atoms with E-state index in [0.29, 0.717) is 11.8 Å². The van der Waals surface area contributed by atoms with Gasteiger partial charge >= 0.3 is 5.97 Å². The van der Waals surface area contributed by atoms with Crippen LogP contribution in [-0.4, -0.2) is 51.3 Å². The summed E-state index contributed by atoms with van der Waals surface area (Å²) in [5.41, 5.74) is 0.392. The molecule has 0 aliphatic carbocycles. The molecule has 4 heteroatoms. The van der Waals surface area contributed by atoms with Crippen LogP contribution in [0.3, 0.4) is 0 Å². The fraction of sp³-hybridized carbons (Fsp3) is 0.962. The van der Waals surface area contributed by atoms with Gasteiger partial charge in [-0.05, 0) is 83.3 Å². The van der Waals surface area contributed by atoms with Crippen LogP contribution < -0.4 is 0 Å². The van der Waals surface area contributed by atoms with Gasteiger partial charge in [0.2, 0.25) is 0 Å². The number of ether oxygens (including phenoxy) is 2. The quantitative estimate of drug-likeness (QED) is 0.157. The molecule has 4 nitrogen and oxygen atoms in total. The van der Waals surface area contributed by atoms with Gasteiger partial charge in [-0.2, -0.15) is 0 Å². The first-order chi connectivity index (χ1) is 14.2. The molecule has 0 saturated heterocycles. The molecule has 0 bridgehead atoms. The number of esters is 1. The fourth-order valence-corrected chi connectivity index (χ4v) is 4.38. The number of carbonyl (C=O) groups excluding carboxylic acids is 1. The molecule has 0 spiro atoms. The number of carbonyl (C=O) groups is 1. The lowest BCUT2D eigenvalue weighted by Crippen LogP contribution is -2.20. The molecule has 0 heterocycles. The molecule has 0 aliphatic rings. The first kappa shape index (κ1) is 29.4. The van der Waals surface area contributed by atoms with E-state index in [4.69, 9.17) is 9.47 Å². The molecule has 2 unspecified atom stereocenters. The molecule has 0 aromatic heterocycles. The largest absolute Gasteiger partial charge is 0.462 e. The predicted octanol–water partition coefficient (Wildman–Crippen LogP) is 6.86. The van der Waals surface area contributed by atoms with Crippen molar-refractivity contribution in [2.24, 2.45) is 11.3 Å². The van der Waals surface area contributed by atoms with E-state index in [1.807, 2.05) is 14.1 Å². The second kappa shape index (κ2) is 18.0. The standard InChI is InChI=1S/C26H53NO3/c1-8-9-10-16-24(30-25(28)18-13-20-27(5)6)17-12-11-15-23(2)22-26(3,4)19-14-21-29-7/h23-24H,8-22H2,1-7H3. The maximum absolute atomic E-state index is 12.2. The lowest BCUT2D eigenvalue weighted by Gasteiger charge is -2.28. The highest BCUT2D eigenvalue weighted by Crippen LogP contribution is 2.32. The van der Waals surface area contributed by atoms with Crippen LogP contribution in [0.25, 0.3) is 0 Å². The van der Waals surface area contributed by atoms with Crippen LogP contribution >= 0.6 is 0 Å². The molecule has 0 saturated carbocycles. The van der Waals surface area contributed by atoms with Crippen molar-refractivity contribution in [1.29, 1.82) is 0 Å². The van der Waals surface area contributed by atoms with Crippen molar-refractivity contribution in [2.45, 2.75) is 117 Å². The Morgan fingerprint density at radius 2 is 1.60 bits per heavy atom. The Bertz CT molecular complexity index is 409. The summed E-state index contributed by atoms with van der Waals surface area (Å²) >= 11 is 0. The van der Waals surface area contributed by atoms with Crippen molar-refractivity contribution in [3.05, 3.63) is 0 Å². The monoisotopic (exact) mass is 427 g/mol. The van der Waals surface area contributed by atoms with Crippen molar-refractivity contribution < 1.29 is 14.3 Å². The number of methoxy groups -OCH3 is 1. The van der Waals surface area contributed by atoms with E-state index in [1.165, 1.54) is 38.5 Å². The maximum atomic E-state index is 12.2. The third kappa shape index (κ3) is 18.2. The van der Waals surface area contributed by atoms with Gasteiger partial charge < -0.3 is 14.4 Å². The number of hydrogen-bond donors (Lipinski definition) is 0. The molecule has 0 aromatic carbocycles. The van der Waals surface area contributed by atoms with E-state index in [-0.39, 0.29) is 12.1 Å². The minimum atomic E-state index is -0.00970. The Balaban J connectivity index is 4.21. The van der Waals surface area contributed by atoms with Gasteiger partial charge in [-0.25, -0.2) is 0 Å². The van der Waals surface area contributed by atoms with Crippen LogP contribution in [0.15, 0.2) is 0 Å². The molecule has 0 radical (unpaired) electrons. The first-order valence-corrected chi connectivity index (χ1v) is 12.5. The zero-order valence-electron chi connectivity index (χ0n) is 21.4. The van der Waals surface area contributed by atoms with E-state index in [9.17, 15) is 4.79 Å². The highest BCUT2D eigenvalue weighted by Gasteiger charge is 2.21. The van der Waals surface area contributed by atoms with Crippen molar-refractivity contribution >= 4 is 5.97 Å². The van der Waals surface area contributed by atoms with E-state index < -0.39 is 0 Å². The molecule has 0 aliphatic heterocycles. The summed E-state index contributed by atoms with van der Waals surface area (Å²) < 4.78 is 11.1. The van der Waals surface area contributed by atoms with Gasteiger partial charge in [-0.15, -0.1) is 0 Å². The molecule has 2 atom stereocenters. The summed E-state index contributed by atoms with van der Waals surface area (Å²) in [5, 5.41) is 0. The van der Waals surface area contributed by atoms with Crippen LogP contribution in [0, 0.1) is 11.3 Å². The molecular weight excluding hydrogens is 374 g/mol. The average Bonchev–Trinajstić information content (AvgIpc) is 2.64. The van der Waals surface area contributed by atoms with E-state index in [1.54, 1.807) is 7.11 Å². The highest BCUT2D eigenvalue weighted by molar-refractivity contribution is 5.69. The summed E-state index contributed by atoms with van der Waals surface area (Å²) in [6, 6.07) is 0. The molecular formula is C26H53NO3. The lowest BCUT2D eigenvalue weighted by atomic mass is 9.78. The van der Waals surface area contributed by atoms with E-state index in [0.717, 1.165) is 57.6 Å². The smallest absolute Gasteiger partial charge is 0.306 e. The predicted molar refractivity (Wildman–Crippen MR) is 129 cm³/mol. The summed E-state index contributed by atoms with van der Waals surface area (Å²) in [6.45, 7) is 11.2. The summed E-state index contributed by atoms with van der Waals surface area (Å²) in [5.74, 6) is 0.735. The SMILES string of the molecule is CCCCCC(CCCCC(C)CC(C)(C)CCCOC)OC(=O)CCCN(C)C. The van der Waals surface area contributed by atoms with Gasteiger partial charge in [0, 0.05) is 20.1 Å². The minimum Gasteiger partial charge on any atom is -0.462 e. The molecule has 0 N–H and O–H groups in total. The highest BCUT2D eigenvalue weighted by atomic mass is 16.5. The van der Waals surface area contributed by atoms with Gasteiger partial charge in [-0.3, -0.25) is 4.79 Å². The number of hydrogen-bond acceptors (Lipinski definition) is 4. The van der Waals surface area contributed by atoms with Crippen LogP contribution in [0.4, 0.5) is 0 Å². The lowest BCUT2D eigenvalue weighted by molar-refractivity contribution is -0.150. The van der Waals surface area contributed by atoms with Gasteiger partial charge in [0.1, 0.15) is 6.10 Å². The zero-order valence-corrected chi connectivity index (χ0v) is 21.4. The topological polar surface area (TPSA) is 38.8 Å². The number of unbranched alkanes of at least 4 members (excludes halogenated alkanes) is 3.